The van der Waals surface area contributed by atoms with E-state index in [1.807, 2.05) is 17.9 Å². The van der Waals surface area contributed by atoms with Gasteiger partial charge in [0.05, 0.1) is 11.6 Å². The number of fused-ring (bicyclic) bond motifs is 1. The van der Waals surface area contributed by atoms with E-state index in [-0.39, 0.29) is 23.8 Å². The lowest BCUT2D eigenvalue weighted by Gasteiger charge is -2.33. The maximum Gasteiger partial charge on any atom is 0.272 e. The van der Waals surface area contributed by atoms with E-state index in [0.29, 0.717) is 5.69 Å². The average Bonchev–Trinajstić information content (AvgIpc) is 3.12. The second-order valence-electron chi connectivity index (χ2n) is 6.75. The number of nitrogens with one attached hydrogen (secondary N) is 1. The molecule has 2 heterocycles. The molecule has 23 heavy (non-hydrogen) atoms. The molecule has 0 spiro atoms. The van der Waals surface area contributed by atoms with Crippen molar-refractivity contribution >= 4 is 11.8 Å². The third-order valence-electron chi connectivity index (χ3n) is 5.07. The van der Waals surface area contributed by atoms with E-state index in [1.54, 1.807) is 11.7 Å². The first kappa shape index (κ1) is 16.0. The number of hydrogen-bond acceptors (Lipinski definition) is 3. The van der Waals surface area contributed by atoms with Crippen molar-refractivity contribution in [2.24, 2.45) is 13.0 Å². The summed E-state index contributed by atoms with van der Waals surface area (Å²) >= 11 is 0. The Labute approximate surface area is 137 Å². The average molecular weight is 318 g/mol. The molecule has 2 amide bonds. The highest BCUT2D eigenvalue weighted by Crippen LogP contribution is 2.32. The first-order chi connectivity index (χ1) is 11.1. The van der Waals surface area contributed by atoms with Crippen LogP contribution in [-0.4, -0.2) is 45.6 Å². The van der Waals surface area contributed by atoms with Crippen LogP contribution in [-0.2, 0) is 11.8 Å². The van der Waals surface area contributed by atoms with Crippen LogP contribution in [0.3, 0.4) is 0 Å². The van der Waals surface area contributed by atoms with Gasteiger partial charge in [-0.15, -0.1) is 0 Å². The molecule has 0 radical (unpaired) electrons. The molecule has 1 aromatic rings. The lowest BCUT2D eigenvalue weighted by atomic mass is 9.99. The topological polar surface area (TPSA) is 67.2 Å². The molecule has 1 aliphatic carbocycles. The third kappa shape index (κ3) is 3.26. The number of aryl methyl sites for hydroxylation is 2. The van der Waals surface area contributed by atoms with E-state index in [2.05, 4.69) is 10.4 Å². The molecule has 126 valence electrons. The van der Waals surface area contributed by atoms with Crippen LogP contribution in [0.25, 0.3) is 0 Å². The Morgan fingerprint density at radius 3 is 2.83 bits per heavy atom. The van der Waals surface area contributed by atoms with Gasteiger partial charge in [-0.2, -0.15) is 5.10 Å². The van der Waals surface area contributed by atoms with Crippen molar-refractivity contribution in [3.63, 3.8) is 0 Å². The number of amides is 2. The quantitative estimate of drug-likeness (QED) is 0.856. The van der Waals surface area contributed by atoms with E-state index in [9.17, 15) is 9.59 Å². The molecule has 0 bridgehead atoms. The van der Waals surface area contributed by atoms with Crippen LogP contribution in [0.4, 0.5) is 0 Å². The molecular formula is C17H26N4O2. The predicted molar refractivity (Wildman–Crippen MR) is 87.0 cm³/mol. The second-order valence-corrected chi connectivity index (χ2v) is 6.75. The third-order valence-corrected chi connectivity index (χ3v) is 5.07. The smallest absolute Gasteiger partial charge is 0.272 e. The number of carbonyl (C=O) groups is 2. The van der Waals surface area contributed by atoms with Gasteiger partial charge in [0.2, 0.25) is 5.91 Å². The van der Waals surface area contributed by atoms with Crippen molar-refractivity contribution in [3.05, 3.63) is 17.5 Å². The zero-order valence-electron chi connectivity index (χ0n) is 14.0. The van der Waals surface area contributed by atoms with Gasteiger partial charge in [-0.25, -0.2) is 0 Å². The fourth-order valence-electron chi connectivity index (χ4n) is 3.92. The number of carbonyl (C=O) groups excluding carboxylic acids is 2. The highest BCUT2D eigenvalue weighted by atomic mass is 16.2. The Bertz CT molecular complexity index is 595. The Kier molecular flexibility index (Phi) is 4.68. The minimum Gasteiger partial charge on any atom is -0.356 e. The monoisotopic (exact) mass is 318 g/mol. The van der Waals surface area contributed by atoms with Crippen LogP contribution in [0.15, 0.2) is 6.07 Å². The molecule has 2 aliphatic rings. The van der Waals surface area contributed by atoms with Crippen LogP contribution < -0.4 is 5.32 Å². The molecule has 0 aromatic carbocycles. The van der Waals surface area contributed by atoms with Gasteiger partial charge in [0, 0.05) is 26.2 Å². The maximum atomic E-state index is 13.1. The maximum absolute atomic E-state index is 13.1. The summed E-state index contributed by atoms with van der Waals surface area (Å²) in [6.45, 7) is 3.39. The summed E-state index contributed by atoms with van der Waals surface area (Å²) in [5.74, 6) is 0.0677. The van der Waals surface area contributed by atoms with Crippen LogP contribution in [0.2, 0.25) is 0 Å². The number of hydrogen-bond donors (Lipinski definition) is 1. The summed E-state index contributed by atoms with van der Waals surface area (Å²) in [5, 5.41) is 7.34. The van der Waals surface area contributed by atoms with Crippen LogP contribution in [0.1, 0.15) is 54.7 Å². The molecule has 3 rings (SSSR count). The van der Waals surface area contributed by atoms with Gasteiger partial charge < -0.3 is 10.2 Å². The van der Waals surface area contributed by atoms with Crippen molar-refractivity contribution < 1.29 is 9.59 Å². The van der Waals surface area contributed by atoms with Crippen molar-refractivity contribution in [1.29, 1.82) is 0 Å². The lowest BCUT2D eigenvalue weighted by molar-refractivity contribution is -0.126. The first-order valence-electron chi connectivity index (χ1n) is 8.67. The molecule has 2 atom stereocenters. The van der Waals surface area contributed by atoms with Crippen molar-refractivity contribution in [1.82, 2.24) is 20.0 Å². The van der Waals surface area contributed by atoms with Crippen molar-refractivity contribution in [2.75, 3.05) is 13.1 Å². The summed E-state index contributed by atoms with van der Waals surface area (Å²) in [4.78, 5) is 27.4. The lowest BCUT2D eigenvalue weighted by Crippen LogP contribution is -2.48. The van der Waals surface area contributed by atoms with E-state index >= 15 is 0 Å². The number of rotatable bonds is 1. The van der Waals surface area contributed by atoms with Gasteiger partial charge in [-0.3, -0.25) is 14.3 Å². The zero-order chi connectivity index (χ0) is 16.4. The fourth-order valence-corrected chi connectivity index (χ4v) is 3.92. The van der Waals surface area contributed by atoms with E-state index < -0.39 is 0 Å². The van der Waals surface area contributed by atoms with Crippen LogP contribution >= 0.6 is 0 Å². The highest BCUT2D eigenvalue weighted by Gasteiger charge is 2.39. The standard InChI is InChI=1S/C17H26N4O2/c1-12-11-15(20(2)19-12)17(23)21-10-5-3-4-9-18-16(22)13-7-6-8-14(13)21/h11,13-14H,3-10H2,1-2H3,(H,18,22)/t13-,14+/m1/s1. The Morgan fingerprint density at radius 1 is 1.26 bits per heavy atom. The molecule has 0 unspecified atom stereocenters. The molecule has 1 saturated carbocycles. The van der Waals surface area contributed by atoms with Gasteiger partial charge in [0.1, 0.15) is 5.69 Å². The molecule has 6 nitrogen and oxygen atoms in total. The fraction of sp³-hybridized carbons (Fsp3) is 0.706. The van der Waals surface area contributed by atoms with Gasteiger partial charge >= 0.3 is 0 Å². The van der Waals surface area contributed by atoms with E-state index in [4.69, 9.17) is 0 Å². The summed E-state index contributed by atoms with van der Waals surface area (Å²) in [7, 11) is 1.81. The SMILES string of the molecule is Cc1cc(C(=O)N2CCCCCNC(=O)[C@@H]3CCC[C@@H]32)n(C)n1. The number of aromatic nitrogens is 2. The minimum absolute atomic E-state index is 0.0124. The van der Waals surface area contributed by atoms with Crippen LogP contribution in [0, 0.1) is 12.8 Å². The molecule has 2 fully saturated rings. The first-order valence-corrected chi connectivity index (χ1v) is 8.67. The molecule has 1 saturated heterocycles. The van der Waals surface area contributed by atoms with E-state index in [1.165, 1.54) is 0 Å². The van der Waals surface area contributed by atoms with Gasteiger partial charge in [0.15, 0.2) is 0 Å². The molecule has 1 aliphatic heterocycles. The predicted octanol–water partition coefficient (Wildman–Crippen LogP) is 1.64. The summed E-state index contributed by atoms with van der Waals surface area (Å²) in [6.07, 6.45) is 5.81. The molecule has 1 N–H and O–H groups in total. The summed E-state index contributed by atoms with van der Waals surface area (Å²) in [6, 6.07) is 1.86. The zero-order valence-corrected chi connectivity index (χ0v) is 14.0. The molecular weight excluding hydrogens is 292 g/mol. The van der Waals surface area contributed by atoms with Crippen LogP contribution in [0.5, 0.6) is 0 Å². The Balaban J connectivity index is 1.88. The highest BCUT2D eigenvalue weighted by molar-refractivity contribution is 5.93. The molecule has 1 aromatic heterocycles. The summed E-state index contributed by atoms with van der Waals surface area (Å²) in [5.41, 5.74) is 1.46. The number of nitrogens with zero attached hydrogens (tertiary/aromatic N) is 3. The Morgan fingerprint density at radius 2 is 2.09 bits per heavy atom. The van der Waals surface area contributed by atoms with Gasteiger partial charge in [-0.1, -0.05) is 6.42 Å². The van der Waals surface area contributed by atoms with Crippen molar-refractivity contribution in [2.45, 2.75) is 51.5 Å². The minimum atomic E-state index is -0.0635. The largest absolute Gasteiger partial charge is 0.356 e. The van der Waals surface area contributed by atoms with E-state index in [0.717, 1.165) is 57.3 Å². The van der Waals surface area contributed by atoms with Gasteiger partial charge in [-0.05, 0) is 45.1 Å². The Hall–Kier alpha value is -1.85. The summed E-state index contributed by atoms with van der Waals surface area (Å²) < 4.78 is 1.65. The van der Waals surface area contributed by atoms with Crippen molar-refractivity contribution in [3.8, 4) is 0 Å². The normalized spacial score (nSPS) is 25.8. The molecule has 6 heteroatoms. The van der Waals surface area contributed by atoms with Gasteiger partial charge in [0.25, 0.3) is 5.91 Å². The second kappa shape index (κ2) is 6.72.